The molecule has 0 unspecified atom stereocenters. The SMILES string of the molecule is COc1ccc(S(=O)(=O)N2CCCCO2)cc1C(=O)O. The topological polar surface area (TPSA) is 93.1 Å². The first-order valence-corrected chi connectivity index (χ1v) is 7.48. The van der Waals surface area contributed by atoms with E-state index in [1.807, 2.05) is 0 Å². The Hall–Kier alpha value is -1.64. The minimum atomic E-state index is -3.85. The fourth-order valence-corrected chi connectivity index (χ4v) is 3.22. The third-order valence-electron chi connectivity index (χ3n) is 2.94. The molecule has 1 N–H and O–H groups in total. The van der Waals surface area contributed by atoms with Crippen LogP contribution in [0.1, 0.15) is 23.2 Å². The Kier molecular flexibility index (Phi) is 4.26. The number of carbonyl (C=O) groups is 1. The van der Waals surface area contributed by atoms with Crippen molar-refractivity contribution < 1.29 is 27.9 Å². The van der Waals surface area contributed by atoms with Crippen molar-refractivity contribution in [1.29, 1.82) is 0 Å². The minimum absolute atomic E-state index is 0.107. The maximum absolute atomic E-state index is 12.3. The summed E-state index contributed by atoms with van der Waals surface area (Å²) >= 11 is 0. The lowest BCUT2D eigenvalue weighted by Crippen LogP contribution is -2.35. The molecule has 1 aliphatic heterocycles. The summed E-state index contributed by atoms with van der Waals surface area (Å²) in [7, 11) is -2.53. The molecule has 7 nitrogen and oxygen atoms in total. The van der Waals surface area contributed by atoms with Crippen LogP contribution in [0.4, 0.5) is 0 Å². The second kappa shape index (κ2) is 5.78. The lowest BCUT2D eigenvalue weighted by molar-refractivity contribution is -0.108. The van der Waals surface area contributed by atoms with Crippen LogP contribution in [0.2, 0.25) is 0 Å². The molecular weight excluding hydrogens is 286 g/mol. The van der Waals surface area contributed by atoms with Crippen molar-refractivity contribution in [3.05, 3.63) is 23.8 Å². The third kappa shape index (κ3) is 2.77. The normalized spacial score (nSPS) is 16.9. The predicted molar refractivity (Wildman–Crippen MR) is 69.0 cm³/mol. The minimum Gasteiger partial charge on any atom is -0.496 e. The molecule has 0 spiro atoms. The van der Waals surface area contributed by atoms with Crippen LogP contribution in [0.15, 0.2) is 23.1 Å². The van der Waals surface area contributed by atoms with E-state index >= 15 is 0 Å². The Morgan fingerprint density at radius 1 is 1.40 bits per heavy atom. The quantitative estimate of drug-likeness (QED) is 0.895. The van der Waals surface area contributed by atoms with Gasteiger partial charge in [0.25, 0.3) is 10.0 Å². The number of benzene rings is 1. The van der Waals surface area contributed by atoms with Crippen LogP contribution in [-0.4, -0.2) is 44.2 Å². The molecule has 1 aromatic carbocycles. The standard InChI is InChI=1S/C12H15NO6S/c1-18-11-5-4-9(8-10(11)12(14)15)20(16,17)13-6-2-3-7-19-13/h4-5,8H,2-3,6-7H2,1H3,(H,14,15). The van der Waals surface area contributed by atoms with E-state index in [4.69, 9.17) is 14.7 Å². The number of methoxy groups -OCH3 is 1. The highest BCUT2D eigenvalue weighted by Gasteiger charge is 2.28. The highest BCUT2D eigenvalue weighted by atomic mass is 32.2. The maximum Gasteiger partial charge on any atom is 0.339 e. The first-order valence-electron chi connectivity index (χ1n) is 6.04. The van der Waals surface area contributed by atoms with E-state index < -0.39 is 16.0 Å². The van der Waals surface area contributed by atoms with Crippen molar-refractivity contribution in [3.8, 4) is 5.75 Å². The van der Waals surface area contributed by atoms with Crippen LogP contribution in [0, 0.1) is 0 Å². The average molecular weight is 301 g/mol. The monoisotopic (exact) mass is 301 g/mol. The fourth-order valence-electron chi connectivity index (χ4n) is 1.90. The van der Waals surface area contributed by atoms with Gasteiger partial charge >= 0.3 is 5.97 Å². The van der Waals surface area contributed by atoms with E-state index in [1.165, 1.54) is 19.2 Å². The van der Waals surface area contributed by atoms with Gasteiger partial charge in [-0.1, -0.05) is 4.47 Å². The molecule has 20 heavy (non-hydrogen) atoms. The van der Waals surface area contributed by atoms with Crippen LogP contribution >= 0.6 is 0 Å². The van der Waals surface area contributed by atoms with Gasteiger partial charge in [0.1, 0.15) is 11.3 Å². The molecular formula is C12H15NO6S. The Balaban J connectivity index is 2.41. The highest BCUT2D eigenvalue weighted by molar-refractivity contribution is 7.89. The Morgan fingerprint density at radius 2 is 2.15 bits per heavy atom. The van der Waals surface area contributed by atoms with E-state index in [2.05, 4.69) is 0 Å². The fraction of sp³-hybridized carbons (Fsp3) is 0.417. The van der Waals surface area contributed by atoms with E-state index in [0.717, 1.165) is 17.0 Å². The second-order valence-corrected chi connectivity index (χ2v) is 6.07. The number of nitrogens with zero attached hydrogens (tertiary/aromatic N) is 1. The van der Waals surface area contributed by atoms with Gasteiger partial charge in [0.05, 0.1) is 18.6 Å². The lowest BCUT2D eigenvalue weighted by Gasteiger charge is -2.25. The van der Waals surface area contributed by atoms with Gasteiger partial charge in [-0.3, -0.25) is 4.84 Å². The van der Waals surface area contributed by atoms with Crippen LogP contribution in [0.5, 0.6) is 5.75 Å². The van der Waals surface area contributed by atoms with Crippen LogP contribution in [0.25, 0.3) is 0 Å². The Bertz CT molecular complexity index is 606. The number of ether oxygens (including phenoxy) is 1. The van der Waals surface area contributed by atoms with Gasteiger partial charge < -0.3 is 9.84 Å². The van der Waals surface area contributed by atoms with Gasteiger partial charge in [-0.05, 0) is 31.0 Å². The van der Waals surface area contributed by atoms with Crippen LogP contribution in [0.3, 0.4) is 0 Å². The van der Waals surface area contributed by atoms with Gasteiger partial charge in [-0.25, -0.2) is 13.2 Å². The highest BCUT2D eigenvalue weighted by Crippen LogP contribution is 2.25. The predicted octanol–water partition coefficient (Wildman–Crippen LogP) is 1.11. The lowest BCUT2D eigenvalue weighted by atomic mass is 10.2. The van der Waals surface area contributed by atoms with Gasteiger partial charge in [-0.2, -0.15) is 0 Å². The molecule has 8 heteroatoms. The zero-order valence-electron chi connectivity index (χ0n) is 10.9. The molecule has 0 atom stereocenters. The Labute approximate surface area is 116 Å². The van der Waals surface area contributed by atoms with E-state index in [9.17, 15) is 13.2 Å². The smallest absolute Gasteiger partial charge is 0.339 e. The summed E-state index contributed by atoms with van der Waals surface area (Å²) in [4.78, 5) is 16.1. The third-order valence-corrected chi connectivity index (χ3v) is 4.61. The maximum atomic E-state index is 12.3. The Morgan fingerprint density at radius 3 is 2.70 bits per heavy atom. The molecule has 0 aromatic heterocycles. The van der Waals surface area contributed by atoms with Gasteiger partial charge in [0.2, 0.25) is 0 Å². The van der Waals surface area contributed by atoms with Gasteiger partial charge in [0, 0.05) is 6.54 Å². The van der Waals surface area contributed by atoms with Crippen LogP contribution < -0.4 is 4.74 Å². The average Bonchev–Trinajstić information content (AvgIpc) is 2.47. The molecule has 110 valence electrons. The van der Waals surface area contributed by atoms with Crippen LogP contribution in [-0.2, 0) is 14.9 Å². The number of carboxylic acids is 1. The van der Waals surface area contributed by atoms with E-state index in [1.54, 1.807) is 0 Å². The molecule has 0 bridgehead atoms. The summed E-state index contributed by atoms with van der Waals surface area (Å²) in [6.45, 7) is 0.595. The summed E-state index contributed by atoms with van der Waals surface area (Å²) in [5, 5.41) is 9.08. The molecule has 1 aliphatic rings. The van der Waals surface area contributed by atoms with Gasteiger partial charge in [0.15, 0.2) is 0 Å². The van der Waals surface area contributed by atoms with E-state index in [-0.39, 0.29) is 22.8 Å². The molecule has 1 heterocycles. The molecule has 0 amide bonds. The van der Waals surface area contributed by atoms with Crippen molar-refractivity contribution in [1.82, 2.24) is 4.47 Å². The molecule has 0 radical (unpaired) electrons. The zero-order chi connectivity index (χ0) is 14.8. The van der Waals surface area contributed by atoms with Crippen molar-refractivity contribution >= 4 is 16.0 Å². The van der Waals surface area contributed by atoms with E-state index in [0.29, 0.717) is 13.0 Å². The van der Waals surface area contributed by atoms with Crippen molar-refractivity contribution in [2.24, 2.45) is 0 Å². The summed E-state index contributed by atoms with van der Waals surface area (Å²) in [6.07, 6.45) is 1.51. The van der Waals surface area contributed by atoms with Gasteiger partial charge in [-0.15, -0.1) is 0 Å². The number of aromatic carboxylic acids is 1. The molecule has 0 aliphatic carbocycles. The molecule has 0 saturated carbocycles. The first kappa shape index (κ1) is 14.8. The molecule has 1 aromatic rings. The summed E-state index contributed by atoms with van der Waals surface area (Å²) in [5.74, 6) is -1.14. The second-order valence-electron chi connectivity index (χ2n) is 4.24. The largest absolute Gasteiger partial charge is 0.496 e. The molecule has 1 fully saturated rings. The molecule has 1 saturated heterocycles. The van der Waals surface area contributed by atoms with Crippen molar-refractivity contribution in [2.75, 3.05) is 20.3 Å². The number of hydrogen-bond donors (Lipinski definition) is 1. The van der Waals surface area contributed by atoms with Crippen molar-refractivity contribution in [3.63, 3.8) is 0 Å². The molecule has 2 rings (SSSR count). The summed E-state index contributed by atoms with van der Waals surface area (Å²) < 4.78 is 30.5. The number of hydroxylamine groups is 1. The number of rotatable bonds is 4. The zero-order valence-corrected chi connectivity index (χ0v) is 11.7. The first-order chi connectivity index (χ1) is 9.46. The summed E-state index contributed by atoms with van der Waals surface area (Å²) in [6, 6.07) is 3.70. The number of sulfonamides is 1. The van der Waals surface area contributed by atoms with Crippen molar-refractivity contribution in [2.45, 2.75) is 17.7 Å². The number of carboxylic acid groups (broad SMARTS) is 1. The summed E-state index contributed by atoms with van der Waals surface area (Å²) in [5.41, 5.74) is -0.203. The number of hydrogen-bond acceptors (Lipinski definition) is 5.